The molecule has 13 heteroatoms. The minimum atomic E-state index is -1.43. The predicted molar refractivity (Wildman–Crippen MR) is 152 cm³/mol. The quantitative estimate of drug-likeness (QED) is 0.246. The van der Waals surface area contributed by atoms with Crippen LogP contribution in [0.1, 0.15) is 18.9 Å². The lowest BCUT2D eigenvalue weighted by atomic mass is 9.92. The summed E-state index contributed by atoms with van der Waals surface area (Å²) in [5, 5.41) is 36.6. The fourth-order valence-electron chi connectivity index (χ4n) is 5.07. The summed E-state index contributed by atoms with van der Waals surface area (Å²) in [6, 6.07) is 6.00. The second-order valence-corrected chi connectivity index (χ2v) is 11.5. The molecule has 0 radical (unpaired) electrons. The summed E-state index contributed by atoms with van der Waals surface area (Å²) in [6.45, 7) is 9.81. The van der Waals surface area contributed by atoms with Crippen LogP contribution in [0.2, 0.25) is 0 Å². The third kappa shape index (κ3) is 7.67. The molecule has 0 aromatic heterocycles. The molecule has 1 amide bonds. The number of carbonyl (C=O) groups excluding carboxylic acids is 1. The molecule has 216 valence electrons. The number of carbonyl (C=O) groups is 1. The highest BCUT2D eigenvalue weighted by molar-refractivity contribution is 7.99. The molecule has 3 heterocycles. The van der Waals surface area contributed by atoms with E-state index in [0.29, 0.717) is 25.3 Å². The average molecular weight is 604 g/mol. The van der Waals surface area contributed by atoms with Gasteiger partial charge in [-0.3, -0.25) is 4.79 Å². The van der Waals surface area contributed by atoms with Crippen LogP contribution in [0.15, 0.2) is 30.3 Å². The van der Waals surface area contributed by atoms with Crippen molar-refractivity contribution in [2.24, 2.45) is 5.92 Å². The Morgan fingerprint density at radius 3 is 2.49 bits per heavy atom. The van der Waals surface area contributed by atoms with Crippen molar-refractivity contribution in [1.82, 2.24) is 10.6 Å². The van der Waals surface area contributed by atoms with Gasteiger partial charge in [-0.25, -0.2) is 4.85 Å². The maximum atomic E-state index is 13.4. The third-order valence-electron chi connectivity index (χ3n) is 7.07. The number of aliphatic hydroxyl groups excluding tert-OH is 3. The zero-order valence-corrected chi connectivity index (χ0v) is 24.3. The lowest BCUT2D eigenvalue weighted by Crippen LogP contribution is -2.65. The molecule has 3 aliphatic heterocycles. The zero-order chi connectivity index (χ0) is 28.7. The van der Waals surface area contributed by atoms with Crippen molar-refractivity contribution in [2.45, 2.75) is 66.8 Å². The normalized spacial score (nSPS) is 33.8. The van der Waals surface area contributed by atoms with E-state index < -0.39 is 47.3 Å². The minimum absolute atomic E-state index is 0.0278. The molecule has 9 nitrogen and oxygen atoms in total. The maximum absolute atomic E-state index is 13.4. The first-order valence-corrected chi connectivity index (χ1v) is 15.4. The van der Waals surface area contributed by atoms with Crippen LogP contribution in [0.25, 0.3) is 10.4 Å². The van der Waals surface area contributed by atoms with E-state index in [1.54, 1.807) is 25.3 Å². The number of ether oxygens (including phenoxy) is 2. The molecule has 2 saturated heterocycles. The zero-order valence-electron chi connectivity index (χ0n) is 21.9. The highest BCUT2D eigenvalue weighted by Gasteiger charge is 2.49. The fraction of sp³-hybridized carbons (Fsp3) is 0.615. The molecule has 2 fully saturated rings. The number of alkyl halides is 1. The molecule has 0 aliphatic carbocycles. The number of rotatable bonds is 6. The highest BCUT2D eigenvalue weighted by Crippen LogP contribution is 2.33. The Balaban J connectivity index is 0.00000134. The Morgan fingerprint density at radius 1 is 1.23 bits per heavy atom. The molecular formula is C26H35ClFN3O6S2. The van der Waals surface area contributed by atoms with E-state index in [2.05, 4.69) is 21.6 Å². The highest BCUT2D eigenvalue weighted by atomic mass is 35.5. The second-order valence-electron chi connectivity index (χ2n) is 9.53. The van der Waals surface area contributed by atoms with Gasteiger partial charge in [0.15, 0.2) is 5.69 Å². The molecule has 1 aromatic carbocycles. The summed E-state index contributed by atoms with van der Waals surface area (Å²) in [5.74, 6) is -0.365. The Kier molecular flexibility index (Phi) is 12.4. The van der Waals surface area contributed by atoms with Crippen molar-refractivity contribution in [1.29, 1.82) is 0 Å². The molecule has 0 spiro atoms. The average Bonchev–Trinajstić information content (AvgIpc) is 3.21. The summed E-state index contributed by atoms with van der Waals surface area (Å²) in [7, 11) is 0. The van der Waals surface area contributed by atoms with Gasteiger partial charge in [0.25, 0.3) is 0 Å². The molecule has 39 heavy (non-hydrogen) atoms. The van der Waals surface area contributed by atoms with E-state index in [1.165, 1.54) is 18.0 Å². The van der Waals surface area contributed by atoms with Gasteiger partial charge in [-0.1, -0.05) is 30.3 Å². The number of thioether (sulfide) groups is 1. The van der Waals surface area contributed by atoms with E-state index >= 15 is 0 Å². The van der Waals surface area contributed by atoms with E-state index in [4.69, 9.17) is 27.6 Å². The van der Waals surface area contributed by atoms with Gasteiger partial charge in [0.05, 0.1) is 30.7 Å². The van der Waals surface area contributed by atoms with Crippen molar-refractivity contribution < 1.29 is 33.5 Å². The Bertz CT molecular complexity index is 1030. The molecule has 1 aromatic rings. The standard InChI is InChI=1S/C25H32ClN3O6S.CH3FS/c1-12(26)17(23-20(31)19(30)21(32)25(35-23)36-3)29-24(33)18-22-15(11-28-18)10-14(8-9-34-22)13-4-6-16(27-2)7-5-13;1-3-2/h4-7,10,12,15,17-23,25,28,30-32H,8-9,11H2,1,3H3,(H,29,33);1H3/t12-,15-,17+,18-,19+,20?,21+,22+,23+,25?;/m0./s1. The number of aliphatic hydroxyl groups is 3. The summed E-state index contributed by atoms with van der Waals surface area (Å²) < 4.78 is 22.2. The molecule has 2 unspecified atom stereocenters. The number of nitrogens with zero attached hydrogens (tertiary/aromatic N) is 1. The lowest BCUT2D eigenvalue weighted by molar-refractivity contribution is -0.205. The lowest BCUT2D eigenvalue weighted by Gasteiger charge is -2.44. The van der Waals surface area contributed by atoms with Crippen LogP contribution in [0.5, 0.6) is 0 Å². The Labute approximate surface area is 242 Å². The minimum Gasteiger partial charge on any atom is -0.388 e. The van der Waals surface area contributed by atoms with Crippen molar-refractivity contribution in [3.8, 4) is 0 Å². The first kappa shape index (κ1) is 32.1. The largest absolute Gasteiger partial charge is 0.388 e. The summed E-state index contributed by atoms with van der Waals surface area (Å²) in [5.41, 5.74) is 1.96. The number of benzene rings is 1. The third-order valence-corrected chi connectivity index (χ3v) is 8.19. The van der Waals surface area contributed by atoms with Crippen LogP contribution >= 0.6 is 35.5 Å². The van der Waals surface area contributed by atoms with Gasteiger partial charge < -0.3 is 35.4 Å². The van der Waals surface area contributed by atoms with Gasteiger partial charge in [0.1, 0.15) is 35.9 Å². The van der Waals surface area contributed by atoms with Crippen LogP contribution in [0.3, 0.4) is 0 Å². The molecule has 5 N–H and O–H groups in total. The summed E-state index contributed by atoms with van der Waals surface area (Å²) in [4.78, 5) is 16.8. The number of halogens is 2. The molecule has 4 rings (SSSR count). The van der Waals surface area contributed by atoms with Gasteiger partial charge in [-0.2, -0.15) is 3.89 Å². The van der Waals surface area contributed by atoms with Crippen LogP contribution < -0.4 is 10.6 Å². The van der Waals surface area contributed by atoms with Crippen LogP contribution in [0.4, 0.5) is 9.57 Å². The van der Waals surface area contributed by atoms with E-state index in [0.717, 1.165) is 11.1 Å². The van der Waals surface area contributed by atoms with Crippen LogP contribution in [-0.4, -0.2) is 100 Å². The molecular weight excluding hydrogens is 569 g/mol. The molecule has 3 aliphatic rings. The van der Waals surface area contributed by atoms with Gasteiger partial charge in [-0.05, 0) is 30.7 Å². The van der Waals surface area contributed by atoms with Crippen molar-refractivity contribution in [2.75, 3.05) is 25.7 Å². The molecule has 0 saturated carbocycles. The van der Waals surface area contributed by atoms with Gasteiger partial charge in [0, 0.05) is 30.9 Å². The Hall–Kier alpha value is -1.40. The topological polar surface area (TPSA) is 125 Å². The van der Waals surface area contributed by atoms with E-state index in [9.17, 15) is 24.0 Å². The molecule has 10 atom stereocenters. The van der Waals surface area contributed by atoms with Crippen molar-refractivity contribution in [3.05, 3.63) is 47.3 Å². The van der Waals surface area contributed by atoms with E-state index in [1.807, 2.05) is 12.1 Å². The monoisotopic (exact) mass is 603 g/mol. The molecule has 0 bridgehead atoms. The number of hydrogen-bond acceptors (Lipinski definition) is 9. The fourth-order valence-corrected chi connectivity index (χ4v) is 5.96. The Morgan fingerprint density at radius 2 is 1.90 bits per heavy atom. The van der Waals surface area contributed by atoms with Gasteiger partial charge >= 0.3 is 0 Å². The van der Waals surface area contributed by atoms with Gasteiger partial charge in [-0.15, -0.1) is 23.4 Å². The van der Waals surface area contributed by atoms with Crippen LogP contribution in [-0.2, 0) is 14.3 Å². The summed E-state index contributed by atoms with van der Waals surface area (Å²) >= 11 is 7.86. The van der Waals surface area contributed by atoms with Crippen LogP contribution in [0, 0.1) is 12.5 Å². The van der Waals surface area contributed by atoms with Gasteiger partial charge in [0.2, 0.25) is 5.91 Å². The van der Waals surface area contributed by atoms with Crippen molar-refractivity contribution in [3.63, 3.8) is 0 Å². The maximum Gasteiger partial charge on any atom is 0.240 e. The van der Waals surface area contributed by atoms with E-state index in [-0.39, 0.29) is 30.1 Å². The second kappa shape index (κ2) is 15.0. The first-order chi connectivity index (χ1) is 18.7. The summed E-state index contributed by atoms with van der Waals surface area (Å²) in [6.07, 6.45) is 0.424. The number of amides is 1. The van der Waals surface area contributed by atoms with Crippen molar-refractivity contribution >= 4 is 52.7 Å². The first-order valence-electron chi connectivity index (χ1n) is 12.5. The smallest absolute Gasteiger partial charge is 0.240 e. The predicted octanol–water partition coefficient (Wildman–Crippen LogP) is 2.51. The number of hydrogen-bond donors (Lipinski definition) is 5. The SMILES string of the molecule is CSF.[C-]#[N+]c1ccc(C2=C[C@H]3CN[C@H](C(=O)N[C@H]([C@H](C)Cl)[C@H]4OC(SC)[C@H](O)[C@H](O)C4O)[C@@H]3OCC2)cc1. The number of nitrogens with one attached hydrogen (secondary N) is 2. The number of fused-ring (bicyclic) bond motifs is 1.